The second kappa shape index (κ2) is 6.78. The second-order valence-electron chi connectivity index (χ2n) is 4.78. The molecule has 1 aromatic heterocycles. The highest BCUT2D eigenvalue weighted by atomic mass is 16.2. The van der Waals surface area contributed by atoms with Crippen LogP contribution in [0.3, 0.4) is 0 Å². The molecule has 2 aromatic rings. The zero-order chi connectivity index (χ0) is 15.2. The van der Waals surface area contributed by atoms with Crippen molar-refractivity contribution in [3.63, 3.8) is 0 Å². The molecule has 1 heterocycles. The monoisotopic (exact) mass is 288 g/mol. The molecule has 0 fully saturated rings. The Balaban J connectivity index is 2.01. The van der Waals surface area contributed by atoms with Crippen molar-refractivity contribution in [1.29, 1.82) is 0 Å². The van der Waals surface area contributed by atoms with Crippen LogP contribution < -0.4 is 22.3 Å². The van der Waals surface area contributed by atoms with Gasteiger partial charge >= 0.3 is 5.69 Å². The first kappa shape index (κ1) is 14.9. The summed E-state index contributed by atoms with van der Waals surface area (Å²) in [6, 6.07) is 10.1. The molecule has 0 aliphatic rings. The molecule has 0 saturated heterocycles. The molecule has 0 aliphatic heterocycles. The molecule has 0 amide bonds. The molecule has 4 N–H and O–H groups in total. The fourth-order valence-corrected chi connectivity index (χ4v) is 2.22. The number of hydrogen-bond acceptors (Lipinski definition) is 4. The summed E-state index contributed by atoms with van der Waals surface area (Å²) in [6.07, 6.45) is 1.78. The molecule has 0 atom stereocenters. The summed E-state index contributed by atoms with van der Waals surface area (Å²) >= 11 is 0. The fraction of sp³-hybridized carbons (Fsp3) is 0.333. The van der Waals surface area contributed by atoms with Crippen LogP contribution in [0.1, 0.15) is 18.9 Å². The van der Waals surface area contributed by atoms with E-state index in [-0.39, 0.29) is 11.5 Å². The quantitative estimate of drug-likeness (QED) is 0.696. The number of aromatic nitrogens is 2. The number of nitrogens with one attached hydrogen (secondary N) is 2. The summed E-state index contributed by atoms with van der Waals surface area (Å²) in [5.41, 5.74) is 6.44. The minimum absolute atomic E-state index is 0.186. The summed E-state index contributed by atoms with van der Waals surface area (Å²) in [5, 5.41) is 3.02. The molecule has 1 aromatic carbocycles. The van der Waals surface area contributed by atoms with E-state index in [1.165, 1.54) is 10.1 Å². The Kier molecular flexibility index (Phi) is 4.81. The van der Waals surface area contributed by atoms with Gasteiger partial charge in [-0.05, 0) is 25.3 Å². The molecule has 0 saturated carbocycles. The molecular weight excluding hydrogens is 268 g/mol. The van der Waals surface area contributed by atoms with E-state index in [4.69, 9.17) is 5.73 Å². The predicted octanol–water partition coefficient (Wildman–Crippen LogP) is 1.18. The molecule has 0 bridgehead atoms. The highest BCUT2D eigenvalue weighted by Gasteiger charge is 2.10. The van der Waals surface area contributed by atoms with Gasteiger partial charge in [-0.3, -0.25) is 14.3 Å². The summed E-state index contributed by atoms with van der Waals surface area (Å²) in [5.74, 6) is 0.186. The first-order chi connectivity index (χ1) is 10.1. The summed E-state index contributed by atoms with van der Waals surface area (Å²) in [7, 11) is 0. The number of benzene rings is 1. The highest BCUT2D eigenvalue weighted by Crippen LogP contribution is 2.10. The number of H-pyrrole nitrogens is 1. The van der Waals surface area contributed by atoms with Crippen molar-refractivity contribution < 1.29 is 0 Å². The van der Waals surface area contributed by atoms with Crippen LogP contribution in [0, 0.1) is 0 Å². The predicted molar refractivity (Wildman–Crippen MR) is 84.7 cm³/mol. The van der Waals surface area contributed by atoms with Crippen molar-refractivity contribution in [3.05, 3.63) is 56.7 Å². The summed E-state index contributed by atoms with van der Waals surface area (Å²) < 4.78 is 1.33. The normalized spacial score (nSPS) is 10.5. The van der Waals surface area contributed by atoms with Gasteiger partial charge < -0.3 is 11.1 Å². The lowest BCUT2D eigenvalue weighted by Crippen LogP contribution is -2.33. The number of nitrogens with two attached hydrogens (primary N) is 1. The Morgan fingerprint density at radius 2 is 1.95 bits per heavy atom. The largest absolute Gasteiger partial charge is 0.383 e. The number of aromatic amines is 1. The van der Waals surface area contributed by atoms with E-state index >= 15 is 0 Å². The zero-order valence-electron chi connectivity index (χ0n) is 12.1. The third-order valence-electron chi connectivity index (χ3n) is 3.34. The van der Waals surface area contributed by atoms with Crippen molar-refractivity contribution in [2.24, 2.45) is 0 Å². The van der Waals surface area contributed by atoms with E-state index in [1.807, 2.05) is 18.2 Å². The maximum atomic E-state index is 11.8. The molecule has 0 unspecified atom stereocenters. The summed E-state index contributed by atoms with van der Waals surface area (Å²) in [6.45, 7) is 2.83. The lowest BCUT2D eigenvalue weighted by molar-refractivity contribution is 0.705. The minimum atomic E-state index is -0.477. The van der Waals surface area contributed by atoms with Crippen LogP contribution in [0.4, 0.5) is 11.5 Å². The van der Waals surface area contributed by atoms with Gasteiger partial charge in [0.15, 0.2) is 0 Å². The zero-order valence-corrected chi connectivity index (χ0v) is 12.1. The average Bonchev–Trinajstić information content (AvgIpc) is 2.47. The van der Waals surface area contributed by atoms with Crippen LogP contribution in [0.2, 0.25) is 0 Å². The molecule has 2 rings (SSSR count). The van der Waals surface area contributed by atoms with Crippen molar-refractivity contribution in [1.82, 2.24) is 9.55 Å². The molecule has 0 aliphatic carbocycles. The maximum absolute atomic E-state index is 11.8. The number of nitrogen functional groups attached to an aromatic ring is 1. The molecule has 112 valence electrons. The third kappa shape index (κ3) is 3.53. The summed E-state index contributed by atoms with van der Waals surface area (Å²) in [4.78, 5) is 25.6. The Bertz CT molecular complexity index is 704. The Hall–Kier alpha value is -2.50. The molecule has 6 nitrogen and oxygen atoms in total. The first-order valence-corrected chi connectivity index (χ1v) is 7.04. The number of nitrogens with zero attached hydrogens (tertiary/aromatic N) is 1. The van der Waals surface area contributed by atoms with Gasteiger partial charge in [0.1, 0.15) is 11.5 Å². The van der Waals surface area contributed by atoms with Crippen molar-refractivity contribution >= 4 is 11.5 Å². The van der Waals surface area contributed by atoms with Crippen molar-refractivity contribution in [2.45, 2.75) is 26.3 Å². The van der Waals surface area contributed by atoms with Crippen LogP contribution in [0.25, 0.3) is 0 Å². The number of anilines is 2. The number of hydrogen-bond donors (Lipinski definition) is 3. The van der Waals surface area contributed by atoms with Crippen LogP contribution in [-0.2, 0) is 13.0 Å². The van der Waals surface area contributed by atoms with Gasteiger partial charge in [0.05, 0.1) is 0 Å². The second-order valence-corrected chi connectivity index (χ2v) is 4.78. The Labute approximate surface area is 122 Å². The van der Waals surface area contributed by atoms with Crippen LogP contribution in [-0.4, -0.2) is 16.1 Å². The van der Waals surface area contributed by atoms with Crippen molar-refractivity contribution in [3.8, 4) is 0 Å². The van der Waals surface area contributed by atoms with Gasteiger partial charge in [0, 0.05) is 13.1 Å². The molecule has 0 radical (unpaired) electrons. The Morgan fingerprint density at radius 1 is 1.24 bits per heavy atom. The lowest BCUT2D eigenvalue weighted by atomic mass is 10.1. The standard InChI is InChI=1S/C15H20N4O2/c1-2-19-13(16)12(14(20)18-15(19)21)17-10-6-9-11-7-4-3-5-8-11/h3-5,7-8,17H,2,6,9-10,16H2,1H3,(H,18,20,21). The van der Waals surface area contributed by atoms with Gasteiger partial charge in [-0.15, -0.1) is 0 Å². The fourth-order valence-electron chi connectivity index (χ4n) is 2.22. The molecule has 0 spiro atoms. The lowest BCUT2D eigenvalue weighted by Gasteiger charge is -2.12. The van der Waals surface area contributed by atoms with E-state index in [2.05, 4.69) is 22.4 Å². The molecule has 6 heteroatoms. The SMILES string of the molecule is CCn1c(N)c(NCCCc2ccccc2)c(=O)[nH]c1=O. The third-order valence-corrected chi connectivity index (χ3v) is 3.34. The van der Waals surface area contributed by atoms with E-state index in [0.717, 1.165) is 12.8 Å². The first-order valence-electron chi connectivity index (χ1n) is 7.04. The van der Waals surface area contributed by atoms with E-state index in [1.54, 1.807) is 6.92 Å². The minimum Gasteiger partial charge on any atom is -0.383 e. The Morgan fingerprint density at radius 3 is 2.62 bits per heavy atom. The maximum Gasteiger partial charge on any atom is 0.330 e. The van der Waals surface area contributed by atoms with Gasteiger partial charge in [0.25, 0.3) is 5.56 Å². The van der Waals surface area contributed by atoms with E-state index in [9.17, 15) is 9.59 Å². The van der Waals surface area contributed by atoms with Crippen LogP contribution in [0.5, 0.6) is 0 Å². The van der Waals surface area contributed by atoms with Crippen LogP contribution >= 0.6 is 0 Å². The van der Waals surface area contributed by atoms with Crippen LogP contribution in [0.15, 0.2) is 39.9 Å². The van der Waals surface area contributed by atoms with Gasteiger partial charge in [0.2, 0.25) is 0 Å². The average molecular weight is 288 g/mol. The van der Waals surface area contributed by atoms with Crippen molar-refractivity contribution in [2.75, 3.05) is 17.6 Å². The topological polar surface area (TPSA) is 92.9 Å². The number of rotatable bonds is 6. The van der Waals surface area contributed by atoms with E-state index < -0.39 is 11.2 Å². The van der Waals surface area contributed by atoms with Gasteiger partial charge in [-0.25, -0.2) is 4.79 Å². The molecule has 21 heavy (non-hydrogen) atoms. The molecular formula is C15H20N4O2. The highest BCUT2D eigenvalue weighted by molar-refractivity contribution is 5.60. The van der Waals surface area contributed by atoms with Gasteiger partial charge in [-0.1, -0.05) is 30.3 Å². The van der Waals surface area contributed by atoms with E-state index in [0.29, 0.717) is 13.1 Å². The smallest absolute Gasteiger partial charge is 0.330 e. The number of aryl methyl sites for hydroxylation is 1. The van der Waals surface area contributed by atoms with Gasteiger partial charge in [-0.2, -0.15) is 0 Å².